The van der Waals surface area contributed by atoms with Crippen LogP contribution < -0.4 is 5.56 Å². The summed E-state index contributed by atoms with van der Waals surface area (Å²) in [5, 5.41) is 16.0. The minimum Gasteiger partial charge on any atom is -0.458 e. The summed E-state index contributed by atoms with van der Waals surface area (Å²) in [5.41, 5.74) is 1.86. The minimum absolute atomic E-state index is 0.110. The number of ether oxygens (including phenoxy) is 1. The Balaban J connectivity index is 1.65. The molecule has 4 heterocycles. The van der Waals surface area contributed by atoms with E-state index < -0.39 is 17.2 Å². The van der Waals surface area contributed by atoms with E-state index in [1.165, 1.54) is 0 Å². The molecule has 0 amide bonds. The Morgan fingerprint density at radius 1 is 1.30 bits per heavy atom. The van der Waals surface area contributed by atoms with E-state index >= 15 is 0 Å². The molecule has 170 valence electrons. The van der Waals surface area contributed by atoms with Gasteiger partial charge in [-0.25, -0.2) is 9.78 Å². The molecule has 1 aromatic carbocycles. The topological polar surface area (TPSA) is 103 Å². The van der Waals surface area contributed by atoms with Crippen LogP contribution in [-0.2, 0) is 33.1 Å². The Morgan fingerprint density at radius 3 is 2.82 bits per heavy atom. The molecule has 2 aliphatic heterocycles. The van der Waals surface area contributed by atoms with Gasteiger partial charge < -0.3 is 19.2 Å². The first-order chi connectivity index (χ1) is 15.6. The average molecular weight is 447 g/mol. The van der Waals surface area contributed by atoms with Crippen molar-refractivity contribution in [2.75, 3.05) is 0 Å². The fourth-order valence-electron chi connectivity index (χ4n) is 4.38. The van der Waals surface area contributed by atoms with Gasteiger partial charge in [-0.15, -0.1) is 0 Å². The number of aromatic nitrogens is 2. The van der Waals surface area contributed by atoms with Gasteiger partial charge in [0.25, 0.3) is 5.56 Å². The number of cyclic esters (lactones) is 1. The van der Waals surface area contributed by atoms with Crippen LogP contribution in [0.1, 0.15) is 56.4 Å². The number of fused-ring (bicyclic) bond motifs is 5. The van der Waals surface area contributed by atoms with Gasteiger partial charge in [-0.3, -0.25) is 4.79 Å². The number of rotatable bonds is 3. The van der Waals surface area contributed by atoms with Crippen molar-refractivity contribution in [2.45, 2.75) is 58.5 Å². The van der Waals surface area contributed by atoms with Gasteiger partial charge in [0.1, 0.15) is 12.2 Å². The first kappa shape index (κ1) is 21.3. The highest BCUT2D eigenvalue weighted by molar-refractivity contribution is 5.99. The van der Waals surface area contributed by atoms with Gasteiger partial charge in [0.05, 0.1) is 35.2 Å². The second-order valence-electron chi connectivity index (χ2n) is 9.45. The number of benzene rings is 1. The van der Waals surface area contributed by atoms with Gasteiger partial charge >= 0.3 is 5.97 Å². The summed E-state index contributed by atoms with van der Waals surface area (Å²) < 4.78 is 6.75. The van der Waals surface area contributed by atoms with Crippen molar-refractivity contribution in [3.63, 3.8) is 0 Å². The largest absolute Gasteiger partial charge is 0.458 e. The van der Waals surface area contributed by atoms with Crippen molar-refractivity contribution < 1.29 is 19.5 Å². The standard InChI is InChI=1S/C25H25N3O5/c1-5-25(31)18-10-20-21-15(12-28(20)22(29)17(18)13-32-23(25)30)9-16-14(7-6-8-19(16)27-21)11-26-33-24(2,3)4/h6-11,31H,5,12-13H2,1-4H3/b26-11-/t25-/m0/s1. The van der Waals surface area contributed by atoms with Crippen molar-refractivity contribution in [3.05, 3.63) is 62.9 Å². The lowest BCUT2D eigenvalue weighted by atomic mass is 9.86. The number of carbonyl (C=O) groups is 1. The molecule has 0 saturated heterocycles. The summed E-state index contributed by atoms with van der Waals surface area (Å²) >= 11 is 0. The lowest BCUT2D eigenvalue weighted by Crippen LogP contribution is -2.44. The van der Waals surface area contributed by atoms with Crippen LogP contribution in [0.5, 0.6) is 0 Å². The Hall–Kier alpha value is -3.52. The number of nitrogens with zero attached hydrogens (tertiary/aromatic N) is 3. The van der Waals surface area contributed by atoms with Gasteiger partial charge in [-0.1, -0.05) is 24.2 Å². The van der Waals surface area contributed by atoms with E-state index in [9.17, 15) is 14.7 Å². The van der Waals surface area contributed by atoms with Crippen molar-refractivity contribution >= 4 is 23.1 Å². The number of oxime groups is 1. The van der Waals surface area contributed by atoms with E-state index in [0.29, 0.717) is 29.1 Å². The summed E-state index contributed by atoms with van der Waals surface area (Å²) in [5.74, 6) is -0.729. The minimum atomic E-state index is -1.83. The third-order valence-corrected chi connectivity index (χ3v) is 6.10. The van der Waals surface area contributed by atoms with Crippen LogP contribution in [0.15, 0.2) is 40.3 Å². The zero-order valence-electron chi connectivity index (χ0n) is 19.0. The number of aliphatic hydroxyl groups is 1. The lowest BCUT2D eigenvalue weighted by Gasteiger charge is -2.31. The van der Waals surface area contributed by atoms with Crippen LogP contribution in [-0.4, -0.2) is 32.4 Å². The maximum absolute atomic E-state index is 13.3. The zero-order chi connectivity index (χ0) is 23.5. The highest BCUT2D eigenvalue weighted by Gasteiger charge is 2.45. The number of hydrogen-bond donors (Lipinski definition) is 1. The van der Waals surface area contributed by atoms with E-state index in [0.717, 1.165) is 22.0 Å². The predicted molar refractivity (Wildman–Crippen MR) is 123 cm³/mol. The molecule has 0 fully saturated rings. The fourth-order valence-corrected chi connectivity index (χ4v) is 4.38. The maximum Gasteiger partial charge on any atom is 0.343 e. The molecule has 0 aliphatic carbocycles. The van der Waals surface area contributed by atoms with Crippen LogP contribution in [0, 0.1) is 0 Å². The number of carbonyl (C=O) groups excluding carboxylic acids is 1. The molecule has 0 saturated carbocycles. The van der Waals surface area contributed by atoms with Gasteiger partial charge in [-0.05, 0) is 45.4 Å². The molecule has 3 aromatic rings. The van der Waals surface area contributed by atoms with Crippen LogP contribution in [0.25, 0.3) is 22.3 Å². The van der Waals surface area contributed by atoms with Crippen molar-refractivity contribution in [1.82, 2.24) is 9.55 Å². The quantitative estimate of drug-likeness (QED) is 0.294. The molecular formula is C25H25N3O5. The van der Waals surface area contributed by atoms with E-state index in [1.54, 1.807) is 23.8 Å². The molecule has 33 heavy (non-hydrogen) atoms. The molecule has 5 rings (SSSR count). The zero-order valence-corrected chi connectivity index (χ0v) is 19.0. The molecule has 1 atom stereocenters. The number of pyridine rings is 2. The average Bonchev–Trinajstić information content (AvgIpc) is 3.12. The van der Waals surface area contributed by atoms with Gasteiger partial charge in [0.15, 0.2) is 5.60 Å². The second kappa shape index (κ2) is 7.25. The Kier molecular flexibility index (Phi) is 4.68. The number of hydrogen-bond acceptors (Lipinski definition) is 7. The SMILES string of the molecule is CC[C@@]1(O)C(=O)OCc2c1cc1n(c2=O)Cc2cc3c(/C=N\OC(C)(C)C)cccc3nc2-1. The Labute approximate surface area is 190 Å². The second-order valence-corrected chi connectivity index (χ2v) is 9.45. The molecule has 0 unspecified atom stereocenters. The highest BCUT2D eigenvalue weighted by atomic mass is 16.6. The summed E-state index contributed by atoms with van der Waals surface area (Å²) in [4.78, 5) is 35.9. The Bertz CT molecular complexity index is 1400. The fraction of sp³-hybridized carbons (Fsp3) is 0.360. The van der Waals surface area contributed by atoms with E-state index in [-0.39, 0.29) is 18.6 Å². The normalized spacial score (nSPS) is 19.4. The molecular weight excluding hydrogens is 422 g/mol. The molecule has 8 nitrogen and oxygen atoms in total. The third-order valence-electron chi connectivity index (χ3n) is 6.10. The van der Waals surface area contributed by atoms with Gasteiger partial charge in [0.2, 0.25) is 0 Å². The van der Waals surface area contributed by atoms with Crippen molar-refractivity contribution in [1.29, 1.82) is 0 Å². The van der Waals surface area contributed by atoms with E-state index in [4.69, 9.17) is 14.6 Å². The van der Waals surface area contributed by atoms with Crippen LogP contribution in [0.4, 0.5) is 0 Å². The smallest absolute Gasteiger partial charge is 0.343 e. The van der Waals surface area contributed by atoms with Crippen molar-refractivity contribution in [3.8, 4) is 11.4 Å². The summed E-state index contributed by atoms with van der Waals surface area (Å²) in [6.45, 7) is 7.67. The molecule has 0 spiro atoms. The molecule has 8 heteroatoms. The van der Waals surface area contributed by atoms with Crippen molar-refractivity contribution in [2.24, 2.45) is 5.16 Å². The monoisotopic (exact) mass is 447 g/mol. The molecule has 0 bridgehead atoms. The first-order valence-corrected chi connectivity index (χ1v) is 10.9. The highest BCUT2D eigenvalue weighted by Crippen LogP contribution is 2.38. The molecule has 0 radical (unpaired) electrons. The molecule has 1 N–H and O–H groups in total. The third kappa shape index (κ3) is 3.33. The maximum atomic E-state index is 13.3. The van der Waals surface area contributed by atoms with E-state index in [1.807, 2.05) is 45.0 Å². The van der Waals surface area contributed by atoms with Crippen LogP contribution in [0.3, 0.4) is 0 Å². The van der Waals surface area contributed by atoms with Gasteiger partial charge in [0, 0.05) is 22.1 Å². The Morgan fingerprint density at radius 2 is 2.09 bits per heavy atom. The van der Waals surface area contributed by atoms with Gasteiger partial charge in [-0.2, -0.15) is 0 Å². The number of esters is 1. The predicted octanol–water partition coefficient (Wildman–Crippen LogP) is 3.23. The van der Waals surface area contributed by atoms with E-state index in [2.05, 4.69) is 5.16 Å². The summed E-state index contributed by atoms with van der Waals surface area (Å²) in [6, 6.07) is 9.45. The summed E-state index contributed by atoms with van der Waals surface area (Å²) in [7, 11) is 0. The molecule has 2 aliphatic rings. The summed E-state index contributed by atoms with van der Waals surface area (Å²) in [6.07, 6.45) is 1.78. The molecule has 2 aromatic heterocycles. The van der Waals surface area contributed by atoms with Crippen LogP contribution >= 0.6 is 0 Å². The van der Waals surface area contributed by atoms with Crippen LogP contribution in [0.2, 0.25) is 0 Å². The first-order valence-electron chi connectivity index (χ1n) is 10.9. The lowest BCUT2D eigenvalue weighted by molar-refractivity contribution is -0.172.